The number of fused-ring (bicyclic) bond motifs is 1. The Labute approximate surface area is 129 Å². The van der Waals surface area contributed by atoms with Crippen LogP contribution in [0.3, 0.4) is 0 Å². The maximum absolute atomic E-state index is 13.5. The second-order valence-corrected chi connectivity index (χ2v) is 6.10. The van der Waals surface area contributed by atoms with E-state index < -0.39 is 0 Å². The molecular formula is C17H21FN2O2. The van der Waals surface area contributed by atoms with Crippen molar-refractivity contribution in [2.24, 2.45) is 5.41 Å². The molecule has 1 aliphatic heterocycles. The van der Waals surface area contributed by atoms with Gasteiger partial charge in [0.05, 0.1) is 12.1 Å². The summed E-state index contributed by atoms with van der Waals surface area (Å²) in [6.07, 6.45) is 1.63. The Morgan fingerprint density at radius 2 is 2.27 bits per heavy atom. The van der Waals surface area contributed by atoms with Crippen molar-refractivity contribution in [1.82, 2.24) is 4.98 Å². The number of pyridine rings is 1. The van der Waals surface area contributed by atoms with Crippen molar-refractivity contribution in [2.75, 3.05) is 31.7 Å². The van der Waals surface area contributed by atoms with Crippen molar-refractivity contribution in [3.63, 3.8) is 0 Å². The van der Waals surface area contributed by atoms with Gasteiger partial charge in [-0.25, -0.2) is 4.39 Å². The predicted octanol–water partition coefficient (Wildman–Crippen LogP) is 2.88. The smallest absolute Gasteiger partial charge is 0.124 e. The third-order valence-corrected chi connectivity index (χ3v) is 4.38. The fraction of sp³-hybridized carbons (Fsp3) is 0.471. The molecule has 0 amide bonds. The van der Waals surface area contributed by atoms with Crippen LogP contribution >= 0.6 is 0 Å². The summed E-state index contributed by atoms with van der Waals surface area (Å²) in [5, 5.41) is 13.5. The van der Waals surface area contributed by atoms with Crippen molar-refractivity contribution in [1.29, 1.82) is 0 Å². The summed E-state index contributed by atoms with van der Waals surface area (Å²) >= 11 is 0. The van der Waals surface area contributed by atoms with Crippen molar-refractivity contribution in [3.05, 3.63) is 35.8 Å². The van der Waals surface area contributed by atoms with Gasteiger partial charge in [-0.15, -0.1) is 0 Å². The molecule has 4 nitrogen and oxygen atoms in total. The van der Waals surface area contributed by atoms with Gasteiger partial charge in [0.25, 0.3) is 0 Å². The second kappa shape index (κ2) is 6.18. The maximum Gasteiger partial charge on any atom is 0.124 e. The minimum atomic E-state index is -0.268. The molecule has 118 valence electrons. The summed E-state index contributed by atoms with van der Waals surface area (Å²) in [7, 11) is 0. The SMILES string of the molecule is Cc1cc(NCC2(CCO)CCOC2)c2cc(F)ccc2n1. The molecule has 1 atom stereocenters. The number of hydrogen-bond donors (Lipinski definition) is 2. The summed E-state index contributed by atoms with van der Waals surface area (Å²) in [6, 6.07) is 6.57. The van der Waals surface area contributed by atoms with Gasteiger partial charge in [0.15, 0.2) is 0 Å². The molecule has 2 heterocycles. The zero-order valence-electron chi connectivity index (χ0n) is 12.7. The molecule has 0 saturated carbocycles. The first-order chi connectivity index (χ1) is 10.6. The Hall–Kier alpha value is -1.72. The van der Waals surface area contributed by atoms with Crippen LogP contribution in [-0.2, 0) is 4.74 Å². The average Bonchev–Trinajstić information content (AvgIpc) is 2.95. The molecule has 1 fully saturated rings. The van der Waals surface area contributed by atoms with Gasteiger partial charge in [0.2, 0.25) is 0 Å². The molecule has 0 radical (unpaired) electrons. The highest BCUT2D eigenvalue weighted by molar-refractivity contribution is 5.91. The van der Waals surface area contributed by atoms with Crippen LogP contribution in [0.15, 0.2) is 24.3 Å². The monoisotopic (exact) mass is 304 g/mol. The van der Waals surface area contributed by atoms with E-state index in [1.807, 2.05) is 13.0 Å². The Morgan fingerprint density at radius 1 is 1.41 bits per heavy atom. The van der Waals surface area contributed by atoms with Crippen LogP contribution in [0.25, 0.3) is 10.9 Å². The van der Waals surface area contributed by atoms with Crippen molar-refractivity contribution in [2.45, 2.75) is 19.8 Å². The van der Waals surface area contributed by atoms with Crippen molar-refractivity contribution < 1.29 is 14.2 Å². The number of aliphatic hydroxyl groups excluding tert-OH is 1. The Kier molecular flexibility index (Phi) is 4.27. The maximum atomic E-state index is 13.5. The largest absolute Gasteiger partial charge is 0.396 e. The first kappa shape index (κ1) is 15.2. The quantitative estimate of drug-likeness (QED) is 0.892. The first-order valence-electron chi connectivity index (χ1n) is 7.61. The topological polar surface area (TPSA) is 54.4 Å². The van der Waals surface area contributed by atoms with Crippen LogP contribution in [0.2, 0.25) is 0 Å². The average molecular weight is 304 g/mol. The number of rotatable bonds is 5. The number of benzene rings is 1. The van der Waals surface area contributed by atoms with Gasteiger partial charge in [0.1, 0.15) is 5.82 Å². The minimum Gasteiger partial charge on any atom is -0.396 e. The standard InChI is InChI=1S/C17H21FN2O2/c1-12-8-16(14-9-13(18)2-3-15(14)20-12)19-10-17(4-6-21)5-7-22-11-17/h2-3,8-9,21H,4-7,10-11H2,1H3,(H,19,20). The van der Waals surface area contributed by atoms with E-state index in [0.29, 0.717) is 19.6 Å². The molecule has 2 N–H and O–H groups in total. The summed E-state index contributed by atoms with van der Waals surface area (Å²) in [4.78, 5) is 4.44. The number of ether oxygens (including phenoxy) is 1. The number of nitrogens with one attached hydrogen (secondary N) is 1. The van der Waals surface area contributed by atoms with Crippen LogP contribution in [0.5, 0.6) is 0 Å². The van der Waals surface area contributed by atoms with Crippen LogP contribution in [0.4, 0.5) is 10.1 Å². The Balaban J connectivity index is 1.88. The van der Waals surface area contributed by atoms with E-state index in [0.717, 1.165) is 35.3 Å². The molecule has 1 saturated heterocycles. The molecule has 3 rings (SSSR count). The Bertz CT molecular complexity index is 669. The lowest BCUT2D eigenvalue weighted by molar-refractivity contribution is 0.133. The van der Waals surface area contributed by atoms with Crippen LogP contribution in [0.1, 0.15) is 18.5 Å². The van der Waals surface area contributed by atoms with Gasteiger partial charge in [-0.3, -0.25) is 4.98 Å². The highest BCUT2D eigenvalue weighted by Crippen LogP contribution is 2.33. The molecule has 1 aromatic carbocycles. The van der Waals surface area contributed by atoms with Gasteiger partial charge in [-0.05, 0) is 44.0 Å². The highest BCUT2D eigenvalue weighted by atomic mass is 19.1. The molecule has 0 aliphatic carbocycles. The molecule has 0 bridgehead atoms. The molecular weight excluding hydrogens is 283 g/mol. The van der Waals surface area contributed by atoms with E-state index in [4.69, 9.17) is 4.74 Å². The number of hydrogen-bond acceptors (Lipinski definition) is 4. The van der Waals surface area contributed by atoms with Gasteiger partial charge in [-0.2, -0.15) is 0 Å². The van der Waals surface area contributed by atoms with E-state index in [1.165, 1.54) is 12.1 Å². The van der Waals surface area contributed by atoms with Gasteiger partial charge < -0.3 is 15.2 Å². The molecule has 1 aliphatic rings. The highest BCUT2D eigenvalue weighted by Gasteiger charge is 2.34. The van der Waals surface area contributed by atoms with E-state index in [1.54, 1.807) is 6.07 Å². The molecule has 0 spiro atoms. The van der Waals surface area contributed by atoms with Gasteiger partial charge in [0, 0.05) is 41.9 Å². The molecule has 2 aromatic rings. The second-order valence-electron chi connectivity index (χ2n) is 6.10. The number of aromatic nitrogens is 1. The van der Waals surface area contributed by atoms with E-state index in [-0.39, 0.29) is 17.8 Å². The van der Waals surface area contributed by atoms with Gasteiger partial charge >= 0.3 is 0 Å². The first-order valence-corrected chi connectivity index (χ1v) is 7.61. The van der Waals surface area contributed by atoms with Gasteiger partial charge in [-0.1, -0.05) is 0 Å². The summed E-state index contributed by atoms with van der Waals surface area (Å²) in [6.45, 7) is 4.15. The zero-order chi connectivity index (χ0) is 15.6. The lowest BCUT2D eigenvalue weighted by Crippen LogP contribution is -2.31. The molecule has 1 aromatic heterocycles. The zero-order valence-corrected chi connectivity index (χ0v) is 12.7. The minimum absolute atomic E-state index is 0.0500. The molecule has 5 heteroatoms. The normalized spacial score (nSPS) is 21.4. The number of nitrogens with zero attached hydrogens (tertiary/aromatic N) is 1. The predicted molar refractivity (Wildman–Crippen MR) is 84.5 cm³/mol. The van der Waals surface area contributed by atoms with E-state index in [9.17, 15) is 9.50 Å². The fourth-order valence-corrected chi connectivity index (χ4v) is 3.07. The van der Waals surface area contributed by atoms with Crippen molar-refractivity contribution >= 4 is 16.6 Å². The Morgan fingerprint density at radius 3 is 3.00 bits per heavy atom. The molecule has 1 unspecified atom stereocenters. The van der Waals surface area contributed by atoms with E-state index in [2.05, 4.69) is 10.3 Å². The number of halogens is 1. The summed E-state index contributed by atoms with van der Waals surface area (Å²) < 4.78 is 19.1. The van der Waals surface area contributed by atoms with Crippen LogP contribution < -0.4 is 5.32 Å². The lowest BCUT2D eigenvalue weighted by Gasteiger charge is -2.27. The summed E-state index contributed by atoms with van der Waals surface area (Å²) in [5.74, 6) is -0.268. The van der Waals surface area contributed by atoms with Crippen LogP contribution in [0, 0.1) is 18.2 Å². The third kappa shape index (κ3) is 3.05. The van der Waals surface area contributed by atoms with E-state index >= 15 is 0 Å². The lowest BCUT2D eigenvalue weighted by atomic mass is 9.84. The van der Waals surface area contributed by atoms with Crippen LogP contribution in [-0.4, -0.2) is 36.5 Å². The number of aliphatic hydroxyl groups is 1. The third-order valence-electron chi connectivity index (χ3n) is 4.38. The van der Waals surface area contributed by atoms with Crippen molar-refractivity contribution in [3.8, 4) is 0 Å². The number of aryl methyl sites for hydroxylation is 1. The summed E-state index contributed by atoms with van der Waals surface area (Å²) in [5.41, 5.74) is 2.50. The molecule has 22 heavy (non-hydrogen) atoms. The number of anilines is 1. The fourth-order valence-electron chi connectivity index (χ4n) is 3.07.